The summed E-state index contributed by atoms with van der Waals surface area (Å²) in [4.78, 5) is 13.6. The first-order chi connectivity index (χ1) is 8.54. The molecule has 0 aliphatic carbocycles. The van der Waals surface area contributed by atoms with Crippen LogP contribution in [0.15, 0.2) is 18.2 Å². The second kappa shape index (κ2) is 5.24. The first-order valence-electron chi connectivity index (χ1n) is 6.04. The van der Waals surface area contributed by atoms with E-state index in [-0.39, 0.29) is 23.0 Å². The van der Waals surface area contributed by atoms with E-state index < -0.39 is 5.82 Å². The number of benzene rings is 1. The van der Waals surface area contributed by atoms with Crippen molar-refractivity contribution in [2.45, 2.75) is 31.8 Å². The molecule has 98 valence electrons. The number of amides is 1. The van der Waals surface area contributed by atoms with Gasteiger partial charge in [0.15, 0.2) is 0 Å². The van der Waals surface area contributed by atoms with Crippen molar-refractivity contribution in [3.05, 3.63) is 34.6 Å². The Hall–Kier alpha value is -1.13. The van der Waals surface area contributed by atoms with Gasteiger partial charge in [-0.1, -0.05) is 17.7 Å². The highest BCUT2D eigenvalue weighted by atomic mass is 35.5. The van der Waals surface area contributed by atoms with Crippen molar-refractivity contribution in [3.8, 4) is 0 Å². The Morgan fingerprint density at radius 3 is 2.89 bits per heavy atom. The summed E-state index contributed by atoms with van der Waals surface area (Å²) in [7, 11) is 0. The molecule has 0 spiro atoms. The Bertz CT molecular complexity index is 466. The smallest absolute Gasteiger partial charge is 0.223 e. The summed E-state index contributed by atoms with van der Waals surface area (Å²) in [5, 5.41) is 0.0637. The van der Waals surface area contributed by atoms with Gasteiger partial charge in [-0.2, -0.15) is 0 Å². The van der Waals surface area contributed by atoms with Crippen LogP contribution in [0.3, 0.4) is 0 Å². The second-order valence-electron chi connectivity index (χ2n) is 4.50. The fourth-order valence-corrected chi connectivity index (χ4v) is 2.66. The number of nitrogens with two attached hydrogens (primary N) is 1. The summed E-state index contributed by atoms with van der Waals surface area (Å²) in [6.07, 6.45) is 1.12. The Labute approximate surface area is 111 Å². The molecule has 1 amide bonds. The van der Waals surface area contributed by atoms with Gasteiger partial charge in [-0.15, -0.1) is 0 Å². The Morgan fingerprint density at radius 1 is 1.56 bits per heavy atom. The van der Waals surface area contributed by atoms with E-state index in [4.69, 9.17) is 17.3 Å². The van der Waals surface area contributed by atoms with Crippen LogP contribution in [0.25, 0.3) is 0 Å². The van der Waals surface area contributed by atoms with Gasteiger partial charge in [0.2, 0.25) is 5.91 Å². The summed E-state index contributed by atoms with van der Waals surface area (Å²) < 4.78 is 13.2. The number of carbonyl (C=O) groups is 1. The molecule has 1 aromatic carbocycles. The normalized spacial score (nSPS) is 24.4. The van der Waals surface area contributed by atoms with E-state index in [9.17, 15) is 9.18 Å². The lowest BCUT2D eigenvalue weighted by molar-refractivity contribution is -0.137. The minimum atomic E-state index is -0.459. The lowest BCUT2D eigenvalue weighted by Gasteiger charge is -2.39. The van der Waals surface area contributed by atoms with E-state index in [1.165, 1.54) is 6.07 Å². The highest BCUT2D eigenvalue weighted by Crippen LogP contribution is 2.32. The van der Waals surface area contributed by atoms with Crippen molar-refractivity contribution < 1.29 is 9.18 Å². The van der Waals surface area contributed by atoms with Gasteiger partial charge in [-0.25, -0.2) is 4.39 Å². The van der Waals surface area contributed by atoms with Crippen LogP contribution < -0.4 is 5.73 Å². The number of hydrogen-bond donors (Lipinski definition) is 1. The number of halogens is 2. The summed E-state index contributed by atoms with van der Waals surface area (Å²) >= 11 is 5.79. The maximum atomic E-state index is 13.2. The molecule has 0 bridgehead atoms. The highest BCUT2D eigenvalue weighted by molar-refractivity contribution is 6.30. The predicted molar refractivity (Wildman–Crippen MR) is 68.7 cm³/mol. The fourth-order valence-electron chi connectivity index (χ4n) is 2.47. The number of likely N-dealkylation sites (N-methyl/N-ethyl adjacent to an activating group) is 1. The van der Waals surface area contributed by atoms with Gasteiger partial charge >= 0.3 is 0 Å². The van der Waals surface area contributed by atoms with E-state index in [1.54, 1.807) is 17.0 Å². The first-order valence-corrected chi connectivity index (χ1v) is 6.42. The number of nitrogens with zero attached hydrogens (tertiary/aromatic N) is 1. The van der Waals surface area contributed by atoms with E-state index >= 15 is 0 Å². The topological polar surface area (TPSA) is 46.3 Å². The van der Waals surface area contributed by atoms with Crippen LogP contribution in [0.2, 0.25) is 5.02 Å². The largest absolute Gasteiger partial charge is 0.334 e. The van der Waals surface area contributed by atoms with Gasteiger partial charge < -0.3 is 10.6 Å². The van der Waals surface area contributed by atoms with E-state index in [0.29, 0.717) is 19.4 Å². The number of carbonyl (C=O) groups excluding carboxylic acids is 1. The van der Waals surface area contributed by atoms with Crippen LogP contribution in [-0.2, 0) is 4.79 Å². The molecular formula is C13H16ClFN2O. The average molecular weight is 271 g/mol. The first kappa shape index (κ1) is 13.3. The zero-order valence-electron chi connectivity index (χ0n) is 10.2. The highest BCUT2D eigenvalue weighted by Gasteiger charge is 2.34. The van der Waals surface area contributed by atoms with Gasteiger partial charge in [-0.05, 0) is 31.0 Å². The maximum Gasteiger partial charge on any atom is 0.223 e. The molecule has 1 saturated heterocycles. The summed E-state index contributed by atoms with van der Waals surface area (Å²) in [5.41, 5.74) is 6.89. The van der Waals surface area contributed by atoms with E-state index in [1.807, 2.05) is 6.92 Å². The van der Waals surface area contributed by atoms with Gasteiger partial charge in [0, 0.05) is 19.0 Å². The second-order valence-corrected chi connectivity index (χ2v) is 4.91. The Balaban J connectivity index is 2.38. The van der Waals surface area contributed by atoms with E-state index in [0.717, 1.165) is 5.56 Å². The van der Waals surface area contributed by atoms with Gasteiger partial charge in [0.25, 0.3) is 0 Å². The molecule has 2 unspecified atom stereocenters. The summed E-state index contributed by atoms with van der Waals surface area (Å²) in [5.74, 6) is -0.371. The molecule has 0 saturated carbocycles. The predicted octanol–water partition coefficient (Wildman–Crippen LogP) is 2.49. The molecular weight excluding hydrogens is 255 g/mol. The molecule has 1 heterocycles. The molecule has 1 fully saturated rings. The van der Waals surface area contributed by atoms with Crippen LogP contribution in [0, 0.1) is 5.82 Å². The minimum absolute atomic E-state index is 0.0637. The Morgan fingerprint density at radius 2 is 2.28 bits per heavy atom. The summed E-state index contributed by atoms with van der Waals surface area (Å²) in [6.45, 7) is 2.50. The molecule has 5 heteroatoms. The van der Waals surface area contributed by atoms with Crippen LogP contribution in [0.5, 0.6) is 0 Å². The standard InChI is InChI=1S/C13H16ClFN2O/c1-2-17-12(18)6-5-11(16)13(17)8-3-4-10(15)9(14)7-8/h3-4,7,11,13H,2,5-6,16H2,1H3. The molecule has 2 atom stereocenters. The van der Waals surface area contributed by atoms with Crippen molar-refractivity contribution in [2.75, 3.05) is 6.54 Å². The quantitative estimate of drug-likeness (QED) is 0.897. The minimum Gasteiger partial charge on any atom is -0.334 e. The van der Waals surface area contributed by atoms with Crippen LogP contribution in [0.4, 0.5) is 4.39 Å². The molecule has 1 aromatic rings. The zero-order valence-corrected chi connectivity index (χ0v) is 11.0. The van der Waals surface area contributed by atoms with Crippen molar-refractivity contribution in [1.29, 1.82) is 0 Å². The molecule has 1 aliphatic heterocycles. The molecule has 2 rings (SSSR count). The van der Waals surface area contributed by atoms with Gasteiger partial charge in [0.1, 0.15) is 5.82 Å². The van der Waals surface area contributed by atoms with Gasteiger partial charge in [0.05, 0.1) is 11.1 Å². The molecule has 0 radical (unpaired) electrons. The number of piperidine rings is 1. The van der Waals surface area contributed by atoms with Crippen LogP contribution in [-0.4, -0.2) is 23.4 Å². The third-order valence-electron chi connectivity index (χ3n) is 3.38. The fraction of sp³-hybridized carbons (Fsp3) is 0.462. The third-order valence-corrected chi connectivity index (χ3v) is 3.67. The molecule has 0 aromatic heterocycles. The van der Waals surface area contributed by atoms with Crippen molar-refractivity contribution >= 4 is 17.5 Å². The number of likely N-dealkylation sites (tertiary alicyclic amines) is 1. The monoisotopic (exact) mass is 270 g/mol. The molecule has 18 heavy (non-hydrogen) atoms. The van der Waals surface area contributed by atoms with Crippen LogP contribution >= 0.6 is 11.6 Å². The van der Waals surface area contributed by atoms with Crippen molar-refractivity contribution in [1.82, 2.24) is 4.90 Å². The zero-order chi connectivity index (χ0) is 13.3. The lowest BCUT2D eigenvalue weighted by Crippen LogP contribution is -2.48. The van der Waals surface area contributed by atoms with Crippen molar-refractivity contribution in [2.24, 2.45) is 5.73 Å². The van der Waals surface area contributed by atoms with E-state index in [2.05, 4.69) is 0 Å². The number of hydrogen-bond acceptors (Lipinski definition) is 2. The Kier molecular flexibility index (Phi) is 3.88. The SMILES string of the molecule is CCN1C(=O)CCC(N)C1c1ccc(F)c(Cl)c1. The molecule has 2 N–H and O–H groups in total. The molecule has 3 nitrogen and oxygen atoms in total. The lowest BCUT2D eigenvalue weighted by atomic mass is 9.90. The van der Waals surface area contributed by atoms with Gasteiger partial charge in [-0.3, -0.25) is 4.79 Å². The molecule has 1 aliphatic rings. The average Bonchev–Trinajstić information content (AvgIpc) is 2.35. The van der Waals surface area contributed by atoms with Crippen LogP contribution in [0.1, 0.15) is 31.4 Å². The summed E-state index contributed by atoms with van der Waals surface area (Å²) in [6, 6.07) is 4.17. The number of rotatable bonds is 2. The third kappa shape index (κ3) is 2.35. The maximum absolute atomic E-state index is 13.2. The van der Waals surface area contributed by atoms with Crippen molar-refractivity contribution in [3.63, 3.8) is 0 Å².